The van der Waals surface area contributed by atoms with E-state index in [2.05, 4.69) is 16.0 Å². The summed E-state index contributed by atoms with van der Waals surface area (Å²) in [4.78, 5) is 193. The van der Waals surface area contributed by atoms with Gasteiger partial charge in [-0.1, -0.05) is 91.9 Å². The van der Waals surface area contributed by atoms with Crippen molar-refractivity contribution in [2.45, 2.75) is 292 Å². The molecule has 107 heavy (non-hydrogen) atoms. The minimum absolute atomic E-state index is 0.00475. The van der Waals surface area contributed by atoms with Gasteiger partial charge in [-0.15, -0.1) is 11.6 Å². The zero-order valence-electron chi connectivity index (χ0n) is 65.9. The minimum atomic E-state index is -4.56. The van der Waals surface area contributed by atoms with Gasteiger partial charge in [0.05, 0.1) is 18.9 Å². The van der Waals surface area contributed by atoms with Gasteiger partial charge in [0, 0.05) is 81.3 Å². The number of fused-ring (bicyclic) bond motifs is 1. The first-order chi connectivity index (χ1) is 50.2. The van der Waals surface area contributed by atoms with E-state index in [1.807, 2.05) is 20.8 Å². The number of nitrogens with zero attached hydrogens (tertiary/aromatic N) is 9. The molecule has 2 heterocycles. The Hall–Kier alpha value is -6.42. The molecule has 2 saturated heterocycles. The largest absolute Gasteiger partial charge is 0.393 e. The fraction of sp³-hybridized carbons (Fsp3) is 0.844. The van der Waals surface area contributed by atoms with Crippen molar-refractivity contribution in [3.8, 4) is 0 Å². The second kappa shape index (κ2) is 38.5. The van der Waals surface area contributed by atoms with Crippen LogP contribution in [0, 0.1) is 47.3 Å². The molecule has 0 radical (unpaired) electrons. The van der Waals surface area contributed by atoms with Gasteiger partial charge in [0.1, 0.15) is 59.9 Å². The van der Waals surface area contributed by atoms with Gasteiger partial charge < -0.3 is 60.0 Å². The molecule has 2 aliphatic heterocycles. The summed E-state index contributed by atoms with van der Waals surface area (Å²) in [5.74, 6) is -12.8. The number of hydrogen-bond donors (Lipinski definition) is 3. The molecule has 7 aliphatic rings. The molecule has 3 N–H and O–H groups in total. The first kappa shape index (κ1) is 87.8. The first-order valence-corrected chi connectivity index (χ1v) is 40.0. The Labute approximate surface area is 635 Å². The van der Waals surface area contributed by atoms with Gasteiger partial charge in [-0.25, -0.2) is 8.78 Å². The number of halogens is 6. The van der Waals surface area contributed by atoms with Crippen LogP contribution >= 0.6 is 11.6 Å². The Morgan fingerprint density at radius 1 is 0.607 bits per heavy atom. The maximum atomic E-state index is 15.9. The fourth-order valence-corrected chi connectivity index (χ4v) is 18.4. The second-order valence-electron chi connectivity index (χ2n) is 33.3. The van der Waals surface area contributed by atoms with Crippen molar-refractivity contribution in [1.29, 1.82) is 0 Å². The van der Waals surface area contributed by atoms with Crippen molar-refractivity contribution in [3.05, 3.63) is 0 Å². The van der Waals surface area contributed by atoms with Crippen LogP contribution in [-0.2, 0) is 57.5 Å². The number of rotatable bonds is 14. The van der Waals surface area contributed by atoms with Crippen molar-refractivity contribution >= 4 is 82.5 Å². The standard InChI is InChI=1S/C77H124ClF5N12O12/c1-15-46(4)63-73(105)89(9)47(5)68(100)95-38-35-56(95)72(104)92(12)59(42-48-23-17-16-18-24-48)71(103)88(8)44-61(96)84-55(34-30-49-29-33-53(54(78)40-49)77(81,82)83)69(101)91(11)58(41-50-27-31-52(32-28-50)65(79)80)67(99)86-76(36-21-22-37-76)75(107)94(14)64(51-25-19-20-26-51)74(106)93(13)60(70(102)87(6)7)43-62(97)90(10)57(39-45(2)3)66(98)85-63/h45-60,63-65H,15-44H2,1-14H3,(H,84,96)(H,85,98)(H,86,99)/t46-,47-,49?,50?,52?,53?,54?,55-,56-,57-,58-,59-,60-,63-,64-/m0/s1. The van der Waals surface area contributed by atoms with E-state index >= 15 is 24.0 Å². The van der Waals surface area contributed by atoms with E-state index in [1.165, 1.54) is 99.8 Å². The van der Waals surface area contributed by atoms with E-state index < -0.39 is 197 Å². The Morgan fingerprint density at radius 3 is 1.74 bits per heavy atom. The molecule has 7 rings (SSSR count). The summed E-state index contributed by atoms with van der Waals surface area (Å²) in [5, 5.41) is 7.54. The minimum Gasteiger partial charge on any atom is -0.347 e. The van der Waals surface area contributed by atoms with Gasteiger partial charge in [0.2, 0.25) is 77.3 Å². The smallest absolute Gasteiger partial charge is 0.347 e. The highest BCUT2D eigenvalue weighted by molar-refractivity contribution is 6.21. The highest BCUT2D eigenvalue weighted by atomic mass is 35.5. The molecule has 0 bridgehead atoms. The lowest BCUT2D eigenvalue weighted by molar-refractivity contribution is -0.182. The molecule has 5 saturated carbocycles. The summed E-state index contributed by atoms with van der Waals surface area (Å²) in [6.07, 6.45) is 1.27. The van der Waals surface area contributed by atoms with Gasteiger partial charge >= 0.3 is 6.18 Å². The molecule has 30 heteroatoms. The summed E-state index contributed by atoms with van der Waals surface area (Å²) in [6, 6.07) is -11.5. The van der Waals surface area contributed by atoms with E-state index in [0.29, 0.717) is 44.9 Å². The lowest BCUT2D eigenvalue weighted by Gasteiger charge is -2.45. The van der Waals surface area contributed by atoms with Crippen LogP contribution in [0.15, 0.2) is 0 Å². The van der Waals surface area contributed by atoms with Gasteiger partial charge in [-0.2, -0.15) is 13.2 Å². The van der Waals surface area contributed by atoms with Crippen LogP contribution in [0.1, 0.15) is 214 Å². The average molecular weight is 1540 g/mol. The predicted octanol–water partition coefficient (Wildman–Crippen LogP) is 8.00. The van der Waals surface area contributed by atoms with Gasteiger partial charge in [-0.3, -0.25) is 57.5 Å². The van der Waals surface area contributed by atoms with Crippen molar-refractivity contribution in [2.24, 2.45) is 47.3 Å². The third-order valence-electron chi connectivity index (χ3n) is 25.3. The van der Waals surface area contributed by atoms with Crippen molar-refractivity contribution < 1.29 is 79.5 Å². The number of nitrogens with one attached hydrogen (secondary N) is 3. The van der Waals surface area contributed by atoms with Crippen LogP contribution in [0.4, 0.5) is 22.0 Å². The summed E-state index contributed by atoms with van der Waals surface area (Å²) >= 11 is 6.45. The first-order valence-electron chi connectivity index (χ1n) is 39.5. The third kappa shape index (κ3) is 21.6. The number of carbonyl (C=O) groups excluding carboxylic acids is 12. The lowest BCUT2D eigenvalue weighted by atomic mass is 9.78. The van der Waals surface area contributed by atoms with E-state index in [0.717, 1.165) is 46.8 Å². The zero-order chi connectivity index (χ0) is 79.4. The van der Waals surface area contributed by atoms with Crippen LogP contribution < -0.4 is 16.0 Å². The Bertz CT molecular complexity index is 3130. The Morgan fingerprint density at radius 2 is 1.19 bits per heavy atom. The molecule has 0 aromatic rings. The molecule has 24 nitrogen and oxygen atoms in total. The molecular weight excluding hydrogens is 1420 g/mol. The summed E-state index contributed by atoms with van der Waals surface area (Å²) in [7, 11) is 12.8. The summed E-state index contributed by atoms with van der Waals surface area (Å²) < 4.78 is 70.9. The molecule has 13 atom stereocenters. The van der Waals surface area contributed by atoms with Gasteiger partial charge in [-0.05, 0) is 152 Å². The fourth-order valence-electron chi connectivity index (χ4n) is 17.8. The van der Waals surface area contributed by atoms with Gasteiger partial charge in [0.25, 0.3) is 0 Å². The number of hydrogen-bond acceptors (Lipinski definition) is 12. The van der Waals surface area contributed by atoms with Crippen molar-refractivity contribution in [2.75, 3.05) is 76.5 Å². The molecular formula is C77H124ClF5N12O12. The second-order valence-corrected chi connectivity index (χ2v) is 33.9. The molecule has 5 aliphatic carbocycles. The van der Waals surface area contributed by atoms with Crippen LogP contribution in [0.3, 0.4) is 0 Å². The number of carbonyl (C=O) groups is 12. The highest BCUT2D eigenvalue weighted by Crippen LogP contribution is 2.45. The number of likely N-dealkylation sites (N-methyl/N-ethyl adjacent to an activating group) is 8. The molecule has 0 aromatic heterocycles. The predicted molar refractivity (Wildman–Crippen MR) is 393 cm³/mol. The molecule has 12 amide bonds. The lowest BCUT2D eigenvalue weighted by Crippen LogP contribution is -2.65. The molecule has 7 fully saturated rings. The van der Waals surface area contributed by atoms with E-state index in [4.69, 9.17) is 11.6 Å². The van der Waals surface area contributed by atoms with Crippen LogP contribution in [0.2, 0.25) is 0 Å². The van der Waals surface area contributed by atoms with Crippen LogP contribution in [0.5, 0.6) is 0 Å². The highest BCUT2D eigenvalue weighted by Gasteiger charge is 2.53. The molecule has 0 aromatic carbocycles. The SMILES string of the molecule is CC[C@H](C)[C@@H]1NC(=O)[C@H](CC(C)C)N(C)C(=O)C[C@@H](C(=O)N(C)C)N(C)C(=O)[C@H](C2CCCC2)N(C)C(=O)C2(CCCC2)NC(=O)[C@H](CC2CCC(C(F)F)CC2)N(C)C(=O)[C@H](CCC2CCC(C(F)(F)F)C(Cl)C2)NC(=O)CN(C)C(=O)[C@H](CC2CCCCC2)N(C)C(=O)[C@@H]2CCN2C(=O)[C@H](C)N(C)C1=O. The maximum Gasteiger partial charge on any atom is 0.393 e. The number of amides is 12. The molecule has 3 unspecified atom stereocenters. The zero-order valence-corrected chi connectivity index (χ0v) is 66.6. The van der Waals surface area contributed by atoms with E-state index in [1.54, 1.807) is 6.92 Å². The average Bonchev–Trinajstić information content (AvgIpc) is 1.62. The van der Waals surface area contributed by atoms with Crippen molar-refractivity contribution in [1.82, 2.24) is 60.0 Å². The summed E-state index contributed by atoms with van der Waals surface area (Å²) in [5.41, 5.74) is -1.69. The van der Waals surface area contributed by atoms with E-state index in [-0.39, 0.29) is 115 Å². The maximum absolute atomic E-state index is 15.9. The molecule has 1 spiro atoms. The quantitative estimate of drug-likeness (QED) is 0.110. The normalized spacial score (nSPS) is 31.5. The van der Waals surface area contributed by atoms with Crippen LogP contribution in [0.25, 0.3) is 0 Å². The Balaban J connectivity index is 1.33. The summed E-state index contributed by atoms with van der Waals surface area (Å²) in [6.45, 7) is 8.28. The number of alkyl halides is 6. The monoisotopic (exact) mass is 1540 g/mol. The van der Waals surface area contributed by atoms with Crippen molar-refractivity contribution in [3.63, 3.8) is 0 Å². The third-order valence-corrected chi connectivity index (χ3v) is 25.8. The Kier molecular flexibility index (Phi) is 31.6. The van der Waals surface area contributed by atoms with E-state index in [9.17, 15) is 55.5 Å². The topological polar surface area (TPSA) is 270 Å². The van der Waals surface area contributed by atoms with Gasteiger partial charge in [0.15, 0.2) is 0 Å². The van der Waals surface area contributed by atoms with Crippen LogP contribution in [-0.4, -0.2) is 269 Å². The molecule has 606 valence electrons.